The van der Waals surface area contributed by atoms with Crippen LogP contribution in [0, 0.1) is 0 Å². The molecular formula is C31H34N4O7. The number of imidazole rings is 1. The van der Waals surface area contributed by atoms with E-state index in [1.165, 1.54) is 14.2 Å². The van der Waals surface area contributed by atoms with Gasteiger partial charge in [-0.2, -0.15) is 0 Å². The van der Waals surface area contributed by atoms with Gasteiger partial charge in [-0.3, -0.25) is 9.59 Å². The number of rotatable bonds is 13. The lowest BCUT2D eigenvalue weighted by molar-refractivity contribution is -0.136. The van der Waals surface area contributed by atoms with Crippen molar-refractivity contribution in [1.82, 2.24) is 9.97 Å². The predicted molar refractivity (Wildman–Crippen MR) is 161 cm³/mol. The Labute approximate surface area is 243 Å². The highest BCUT2D eigenvalue weighted by atomic mass is 16.5. The van der Waals surface area contributed by atoms with E-state index in [9.17, 15) is 24.9 Å². The number of nitrogens with one attached hydrogen (secondary N) is 1. The minimum absolute atomic E-state index is 0.108. The number of nitrogens with zero attached hydrogens (tertiary/aromatic N) is 3. The molecule has 0 aliphatic rings. The van der Waals surface area contributed by atoms with Crippen molar-refractivity contribution in [2.45, 2.75) is 13.8 Å². The first-order valence-corrected chi connectivity index (χ1v) is 13.4. The minimum Gasteiger partial charge on any atom is -0.502 e. The molecule has 4 aromatic rings. The zero-order valence-electron chi connectivity index (χ0n) is 23.9. The molecular weight excluding hydrogens is 540 g/mol. The number of carboxylic acids is 2. The fourth-order valence-electron chi connectivity index (χ4n) is 4.72. The van der Waals surface area contributed by atoms with Crippen LogP contribution < -0.4 is 19.3 Å². The van der Waals surface area contributed by atoms with Crippen LogP contribution >= 0.6 is 0 Å². The van der Waals surface area contributed by atoms with Crippen LogP contribution in [-0.4, -0.2) is 77.6 Å². The monoisotopic (exact) mass is 574 g/mol. The summed E-state index contributed by atoms with van der Waals surface area (Å²) in [5.74, 6) is -0.970. The summed E-state index contributed by atoms with van der Waals surface area (Å²) in [7, 11) is 2.91. The second-order valence-electron chi connectivity index (χ2n) is 9.45. The number of benzene rings is 3. The number of phenols is 1. The van der Waals surface area contributed by atoms with Gasteiger partial charge in [0.15, 0.2) is 11.5 Å². The summed E-state index contributed by atoms with van der Waals surface area (Å²) in [4.78, 5) is 34.4. The van der Waals surface area contributed by atoms with Crippen molar-refractivity contribution in [3.8, 4) is 51.2 Å². The number of anilines is 2. The van der Waals surface area contributed by atoms with Crippen LogP contribution in [0.3, 0.4) is 0 Å². The Hall–Kier alpha value is -5.19. The molecule has 4 rings (SSSR count). The van der Waals surface area contributed by atoms with Crippen LogP contribution in [0.25, 0.3) is 33.9 Å². The maximum atomic E-state index is 11.3. The molecule has 0 amide bonds. The van der Waals surface area contributed by atoms with Crippen molar-refractivity contribution in [1.29, 1.82) is 0 Å². The van der Waals surface area contributed by atoms with E-state index in [2.05, 4.69) is 4.98 Å². The van der Waals surface area contributed by atoms with E-state index < -0.39 is 11.9 Å². The molecule has 0 bridgehead atoms. The lowest BCUT2D eigenvalue weighted by Crippen LogP contribution is -2.29. The number of aromatic nitrogens is 2. The third-order valence-electron chi connectivity index (χ3n) is 6.90. The fourth-order valence-corrected chi connectivity index (χ4v) is 4.72. The van der Waals surface area contributed by atoms with Gasteiger partial charge in [0.2, 0.25) is 5.75 Å². The van der Waals surface area contributed by atoms with Gasteiger partial charge in [0, 0.05) is 41.2 Å². The Balaban J connectivity index is 1.82. The van der Waals surface area contributed by atoms with E-state index in [0.717, 1.165) is 28.2 Å². The third kappa shape index (κ3) is 6.41. The third-order valence-corrected chi connectivity index (χ3v) is 6.90. The molecule has 0 aliphatic heterocycles. The van der Waals surface area contributed by atoms with Gasteiger partial charge in [0.1, 0.15) is 18.9 Å². The highest BCUT2D eigenvalue weighted by Gasteiger charge is 2.20. The van der Waals surface area contributed by atoms with Gasteiger partial charge < -0.3 is 39.6 Å². The van der Waals surface area contributed by atoms with Gasteiger partial charge in [0.25, 0.3) is 0 Å². The van der Waals surface area contributed by atoms with Crippen molar-refractivity contribution >= 4 is 23.3 Å². The van der Waals surface area contributed by atoms with E-state index in [4.69, 9.17) is 14.5 Å². The van der Waals surface area contributed by atoms with Gasteiger partial charge >= 0.3 is 11.9 Å². The lowest BCUT2D eigenvalue weighted by atomic mass is 10.0. The molecule has 0 unspecified atom stereocenters. The molecule has 11 heteroatoms. The largest absolute Gasteiger partial charge is 0.502 e. The molecule has 0 saturated carbocycles. The number of aromatic amines is 1. The number of aromatic hydroxyl groups is 1. The summed E-state index contributed by atoms with van der Waals surface area (Å²) in [6.45, 7) is 4.66. The summed E-state index contributed by atoms with van der Waals surface area (Å²) in [5.41, 5.74) is 5.16. The van der Waals surface area contributed by atoms with Crippen LogP contribution in [0.1, 0.15) is 13.8 Å². The second kappa shape index (κ2) is 13.0. The minimum atomic E-state index is -0.909. The highest BCUT2D eigenvalue weighted by Crippen LogP contribution is 2.41. The van der Waals surface area contributed by atoms with Gasteiger partial charge in [0.05, 0.1) is 25.6 Å². The summed E-state index contributed by atoms with van der Waals surface area (Å²) >= 11 is 0. The van der Waals surface area contributed by atoms with E-state index in [-0.39, 0.29) is 30.3 Å². The number of aliphatic carboxylic acids is 2. The van der Waals surface area contributed by atoms with Gasteiger partial charge in [-0.15, -0.1) is 0 Å². The average molecular weight is 575 g/mol. The Morgan fingerprint density at radius 3 is 1.62 bits per heavy atom. The molecule has 0 atom stereocenters. The normalized spacial score (nSPS) is 10.8. The number of likely N-dealkylation sites (N-methyl/N-ethyl adjacent to an activating group) is 2. The first-order valence-electron chi connectivity index (χ1n) is 13.4. The summed E-state index contributed by atoms with van der Waals surface area (Å²) in [6, 6.07) is 18.4. The van der Waals surface area contributed by atoms with Crippen LogP contribution in [0.2, 0.25) is 0 Å². The number of carboxylic acid groups (broad SMARTS) is 2. The molecule has 0 radical (unpaired) electrons. The smallest absolute Gasteiger partial charge is 0.323 e. The Bertz CT molecular complexity index is 1440. The van der Waals surface area contributed by atoms with Crippen LogP contribution in [-0.2, 0) is 9.59 Å². The number of hydrogen-bond acceptors (Lipinski definition) is 8. The summed E-state index contributed by atoms with van der Waals surface area (Å²) in [6.07, 6.45) is 0. The number of hydrogen-bond donors (Lipinski definition) is 4. The molecule has 1 heterocycles. The van der Waals surface area contributed by atoms with E-state index >= 15 is 0 Å². The topological polar surface area (TPSA) is 148 Å². The first kappa shape index (κ1) is 29.8. The summed E-state index contributed by atoms with van der Waals surface area (Å²) < 4.78 is 10.7. The standard InChI is InChI=1S/C31H34N4O7/c1-5-34(17-26(36)37)22-11-7-19(8-12-22)28-29(20-9-13-23(14-10-20)35(6-2)18-27(38)39)33-31(32-28)21-15-24(41-3)30(40)25(16-21)42-4/h7-16,40H,5-6,17-18H2,1-4H3,(H,32,33)(H,36,37)(H,38,39). The van der Waals surface area contributed by atoms with Crippen LogP contribution in [0.15, 0.2) is 60.7 Å². The molecule has 42 heavy (non-hydrogen) atoms. The van der Waals surface area contributed by atoms with Crippen molar-refractivity contribution in [3.05, 3.63) is 60.7 Å². The molecule has 4 N–H and O–H groups in total. The predicted octanol–water partition coefficient (Wildman–Crippen LogP) is 4.96. The Morgan fingerprint density at radius 1 is 0.762 bits per heavy atom. The van der Waals surface area contributed by atoms with Crippen molar-refractivity contribution in [3.63, 3.8) is 0 Å². The molecule has 0 aliphatic carbocycles. The van der Waals surface area contributed by atoms with Crippen molar-refractivity contribution in [2.75, 3.05) is 50.2 Å². The molecule has 220 valence electrons. The zero-order chi connectivity index (χ0) is 30.4. The van der Waals surface area contributed by atoms with Crippen LogP contribution in [0.4, 0.5) is 11.4 Å². The van der Waals surface area contributed by atoms with Gasteiger partial charge in [-0.25, -0.2) is 4.98 Å². The molecule has 0 spiro atoms. The Morgan fingerprint density at radius 2 is 1.21 bits per heavy atom. The van der Waals surface area contributed by atoms with Gasteiger partial charge in [-0.05, 0) is 50.2 Å². The summed E-state index contributed by atoms with van der Waals surface area (Å²) in [5, 5.41) is 28.9. The Kier molecular flexibility index (Phi) is 9.21. The molecule has 3 aromatic carbocycles. The quantitative estimate of drug-likeness (QED) is 0.173. The number of ether oxygens (including phenoxy) is 2. The lowest BCUT2D eigenvalue weighted by Gasteiger charge is -2.21. The number of phenolic OH excluding ortho intramolecular Hbond substituents is 1. The van der Waals surface area contributed by atoms with Crippen LogP contribution in [0.5, 0.6) is 17.2 Å². The second-order valence-corrected chi connectivity index (χ2v) is 9.45. The molecule has 0 fully saturated rings. The van der Waals surface area contributed by atoms with Crippen molar-refractivity contribution < 1.29 is 34.4 Å². The fraction of sp³-hybridized carbons (Fsp3) is 0.258. The molecule has 11 nitrogen and oxygen atoms in total. The molecule has 0 saturated heterocycles. The van der Waals surface area contributed by atoms with E-state index in [1.807, 2.05) is 62.4 Å². The number of methoxy groups -OCH3 is 2. The average Bonchev–Trinajstić information content (AvgIpc) is 3.44. The zero-order valence-corrected chi connectivity index (χ0v) is 23.9. The highest BCUT2D eigenvalue weighted by molar-refractivity contribution is 5.83. The maximum Gasteiger partial charge on any atom is 0.323 e. The van der Waals surface area contributed by atoms with E-state index in [1.54, 1.807) is 21.9 Å². The van der Waals surface area contributed by atoms with Gasteiger partial charge in [-0.1, -0.05) is 24.3 Å². The maximum absolute atomic E-state index is 11.3. The molecule has 1 aromatic heterocycles. The first-order chi connectivity index (χ1) is 20.2. The SMILES string of the molecule is CCN(CC(=O)O)c1ccc(-c2nc(-c3cc(OC)c(O)c(OC)c3)[nH]c2-c2ccc(N(CC)CC(=O)O)cc2)cc1. The van der Waals surface area contributed by atoms with E-state index in [0.29, 0.717) is 30.2 Å². The number of H-pyrrole nitrogens is 1. The van der Waals surface area contributed by atoms with Crippen molar-refractivity contribution in [2.24, 2.45) is 0 Å². The number of carbonyl (C=O) groups is 2.